The van der Waals surface area contributed by atoms with Crippen LogP contribution in [0.4, 0.5) is 0 Å². The predicted molar refractivity (Wildman–Crippen MR) is 90.9 cm³/mol. The first-order valence-electron chi connectivity index (χ1n) is 7.95. The van der Waals surface area contributed by atoms with Crippen LogP contribution in [0.15, 0.2) is 41.0 Å². The van der Waals surface area contributed by atoms with Gasteiger partial charge in [-0.15, -0.1) is 0 Å². The highest BCUT2D eigenvalue weighted by Crippen LogP contribution is 2.27. The molecule has 0 aromatic heterocycles. The number of likely N-dealkylation sites (N-methyl/N-ethyl adjacent to an activating group) is 1. The Labute approximate surface area is 141 Å². The average Bonchev–Trinajstić information content (AvgIpc) is 2.59. The molecule has 1 aliphatic heterocycles. The average molecular weight is 324 g/mol. The Hall–Kier alpha value is -2.87. The summed E-state index contributed by atoms with van der Waals surface area (Å²) in [6.45, 7) is 6.27. The molecule has 0 radical (unpaired) electrons. The van der Waals surface area contributed by atoms with E-state index in [1.165, 1.54) is 0 Å². The molecule has 0 aliphatic carbocycles. The summed E-state index contributed by atoms with van der Waals surface area (Å²) < 4.78 is 5.53. The third kappa shape index (κ3) is 3.38. The number of benzene rings is 1. The molecule has 1 aromatic rings. The second-order valence-corrected chi connectivity index (χ2v) is 5.44. The Bertz CT molecular complexity index is 752. The van der Waals surface area contributed by atoms with Crippen molar-refractivity contribution in [1.29, 1.82) is 5.26 Å². The molecule has 0 saturated heterocycles. The number of nitriles is 1. The van der Waals surface area contributed by atoms with Crippen LogP contribution in [0.25, 0.3) is 6.08 Å². The van der Waals surface area contributed by atoms with E-state index in [9.17, 15) is 14.9 Å². The first-order chi connectivity index (χ1) is 11.5. The fraction of sp³-hybridized carbons (Fsp3) is 0.316. The molecular formula is C19H20N2O3. The standard InChI is InChI=1S/C19H20N2O3/c1-4-10-24-15-8-6-14(7-9-15)11-16-13(3)17(12-20)19(23)21(5-2)18(16)22/h6-9,11H,4-5,10H2,1-3H3/b16-11+. The SMILES string of the molecule is CCCOc1ccc(/C=C2/C(=O)N(CC)C(=O)C(C#N)=C2C)cc1. The number of carbonyl (C=O) groups is 2. The molecule has 0 fully saturated rings. The van der Waals surface area contributed by atoms with Gasteiger partial charge in [-0.05, 0) is 49.6 Å². The Morgan fingerprint density at radius 2 is 1.83 bits per heavy atom. The van der Waals surface area contributed by atoms with Crippen molar-refractivity contribution in [3.05, 3.63) is 46.5 Å². The third-order valence-electron chi connectivity index (χ3n) is 3.81. The van der Waals surface area contributed by atoms with E-state index in [1.807, 2.05) is 37.3 Å². The molecule has 1 aromatic carbocycles. The largest absolute Gasteiger partial charge is 0.494 e. The summed E-state index contributed by atoms with van der Waals surface area (Å²) >= 11 is 0. The predicted octanol–water partition coefficient (Wildman–Crippen LogP) is 3.09. The maximum Gasteiger partial charge on any atom is 0.271 e. The highest BCUT2D eigenvalue weighted by Gasteiger charge is 2.34. The number of ether oxygens (including phenoxy) is 1. The monoisotopic (exact) mass is 324 g/mol. The number of imide groups is 1. The first-order valence-corrected chi connectivity index (χ1v) is 7.95. The van der Waals surface area contributed by atoms with Crippen LogP contribution < -0.4 is 4.74 Å². The van der Waals surface area contributed by atoms with Gasteiger partial charge < -0.3 is 4.74 Å². The minimum Gasteiger partial charge on any atom is -0.494 e. The smallest absolute Gasteiger partial charge is 0.271 e. The lowest BCUT2D eigenvalue weighted by atomic mass is 9.94. The molecule has 2 rings (SSSR count). The zero-order chi connectivity index (χ0) is 17.7. The van der Waals surface area contributed by atoms with Gasteiger partial charge in [-0.1, -0.05) is 19.1 Å². The van der Waals surface area contributed by atoms with Crippen LogP contribution in [-0.2, 0) is 9.59 Å². The number of amides is 2. The summed E-state index contributed by atoms with van der Waals surface area (Å²) in [5.41, 5.74) is 1.62. The molecule has 5 heteroatoms. The number of rotatable bonds is 5. The van der Waals surface area contributed by atoms with Crippen molar-refractivity contribution in [3.8, 4) is 11.8 Å². The zero-order valence-electron chi connectivity index (χ0n) is 14.1. The normalized spacial score (nSPS) is 16.6. The van der Waals surface area contributed by atoms with Crippen LogP contribution in [-0.4, -0.2) is 29.9 Å². The van der Waals surface area contributed by atoms with E-state index in [0.717, 1.165) is 22.6 Å². The van der Waals surface area contributed by atoms with Crippen molar-refractivity contribution in [3.63, 3.8) is 0 Å². The van der Waals surface area contributed by atoms with Gasteiger partial charge in [0.25, 0.3) is 11.8 Å². The number of hydrogen-bond acceptors (Lipinski definition) is 4. The highest BCUT2D eigenvalue weighted by atomic mass is 16.5. The molecule has 1 heterocycles. The van der Waals surface area contributed by atoms with E-state index in [-0.39, 0.29) is 18.0 Å². The fourth-order valence-corrected chi connectivity index (χ4v) is 2.46. The van der Waals surface area contributed by atoms with Crippen molar-refractivity contribution in [1.82, 2.24) is 4.90 Å². The summed E-state index contributed by atoms with van der Waals surface area (Å²) in [5.74, 6) is -0.127. The first kappa shape index (κ1) is 17.5. The molecule has 1 aliphatic rings. The van der Waals surface area contributed by atoms with E-state index >= 15 is 0 Å². The molecule has 0 unspecified atom stereocenters. The van der Waals surface area contributed by atoms with Crippen molar-refractivity contribution < 1.29 is 14.3 Å². The van der Waals surface area contributed by atoms with Crippen molar-refractivity contribution in [2.75, 3.05) is 13.2 Å². The molecular weight excluding hydrogens is 304 g/mol. The quantitative estimate of drug-likeness (QED) is 0.616. The molecule has 0 N–H and O–H groups in total. The van der Waals surface area contributed by atoms with E-state index in [2.05, 4.69) is 0 Å². The molecule has 24 heavy (non-hydrogen) atoms. The summed E-state index contributed by atoms with van der Waals surface area (Å²) in [5, 5.41) is 9.22. The maximum absolute atomic E-state index is 12.5. The Kier molecular flexibility index (Phi) is 5.54. The van der Waals surface area contributed by atoms with Crippen LogP contribution in [0.3, 0.4) is 0 Å². The molecule has 124 valence electrons. The molecule has 0 spiro atoms. The van der Waals surface area contributed by atoms with Crippen LogP contribution in [0.1, 0.15) is 32.8 Å². The third-order valence-corrected chi connectivity index (χ3v) is 3.81. The van der Waals surface area contributed by atoms with Crippen LogP contribution in [0, 0.1) is 11.3 Å². The molecule has 0 bridgehead atoms. The lowest BCUT2D eigenvalue weighted by molar-refractivity contribution is -0.140. The van der Waals surface area contributed by atoms with Crippen LogP contribution in [0.5, 0.6) is 5.75 Å². The van der Waals surface area contributed by atoms with E-state index < -0.39 is 5.91 Å². The van der Waals surface area contributed by atoms with Crippen LogP contribution >= 0.6 is 0 Å². The zero-order valence-corrected chi connectivity index (χ0v) is 14.1. The van der Waals surface area contributed by atoms with Gasteiger partial charge in [0, 0.05) is 12.1 Å². The maximum atomic E-state index is 12.5. The fourth-order valence-electron chi connectivity index (χ4n) is 2.46. The van der Waals surface area contributed by atoms with Crippen molar-refractivity contribution in [2.24, 2.45) is 0 Å². The minimum absolute atomic E-state index is 0.0191. The van der Waals surface area contributed by atoms with Gasteiger partial charge in [-0.25, -0.2) is 0 Å². The minimum atomic E-state index is -0.525. The molecule has 2 amide bonds. The number of carbonyl (C=O) groups excluding carboxylic acids is 2. The van der Waals surface area contributed by atoms with Gasteiger partial charge in [-0.3, -0.25) is 14.5 Å². The summed E-state index contributed by atoms with van der Waals surface area (Å²) in [7, 11) is 0. The second kappa shape index (κ2) is 7.60. The summed E-state index contributed by atoms with van der Waals surface area (Å²) in [6.07, 6.45) is 2.63. The van der Waals surface area contributed by atoms with Crippen molar-refractivity contribution >= 4 is 17.9 Å². The van der Waals surface area contributed by atoms with Crippen molar-refractivity contribution in [2.45, 2.75) is 27.2 Å². The van der Waals surface area contributed by atoms with Gasteiger partial charge in [-0.2, -0.15) is 5.26 Å². The Morgan fingerprint density at radius 3 is 2.38 bits per heavy atom. The Balaban J connectivity index is 2.39. The van der Waals surface area contributed by atoms with E-state index in [0.29, 0.717) is 17.8 Å². The van der Waals surface area contributed by atoms with Gasteiger partial charge in [0.2, 0.25) is 0 Å². The lowest BCUT2D eigenvalue weighted by Crippen LogP contribution is -2.42. The Morgan fingerprint density at radius 1 is 1.17 bits per heavy atom. The van der Waals surface area contributed by atoms with Gasteiger partial charge >= 0.3 is 0 Å². The number of nitrogens with zero attached hydrogens (tertiary/aromatic N) is 2. The van der Waals surface area contributed by atoms with Crippen LogP contribution in [0.2, 0.25) is 0 Å². The summed E-state index contributed by atoms with van der Waals surface area (Å²) in [4.78, 5) is 25.7. The van der Waals surface area contributed by atoms with E-state index in [1.54, 1.807) is 19.9 Å². The van der Waals surface area contributed by atoms with Gasteiger partial charge in [0.05, 0.1) is 6.61 Å². The van der Waals surface area contributed by atoms with E-state index in [4.69, 9.17) is 4.74 Å². The lowest BCUT2D eigenvalue weighted by Gasteiger charge is -2.26. The second-order valence-electron chi connectivity index (χ2n) is 5.44. The summed E-state index contributed by atoms with van der Waals surface area (Å²) in [6, 6.07) is 9.27. The van der Waals surface area contributed by atoms with Gasteiger partial charge in [0.15, 0.2) is 0 Å². The van der Waals surface area contributed by atoms with Gasteiger partial charge in [0.1, 0.15) is 17.4 Å². The number of hydrogen-bond donors (Lipinski definition) is 0. The molecule has 0 atom stereocenters. The molecule has 0 saturated carbocycles. The highest BCUT2D eigenvalue weighted by molar-refractivity contribution is 6.19. The topological polar surface area (TPSA) is 70.4 Å². The molecule has 5 nitrogen and oxygen atoms in total.